The quantitative estimate of drug-likeness (QED) is 0.786. The lowest BCUT2D eigenvalue weighted by atomic mass is 10.2. The van der Waals surface area contributed by atoms with E-state index in [0.29, 0.717) is 19.4 Å². The summed E-state index contributed by atoms with van der Waals surface area (Å²) in [5.74, 6) is -0.681. The average Bonchev–Trinajstić information content (AvgIpc) is 2.28. The molecule has 1 rings (SSSR count). The van der Waals surface area contributed by atoms with Gasteiger partial charge in [-0.05, 0) is 25.5 Å². The largest absolute Gasteiger partial charge is 0.330 e. The van der Waals surface area contributed by atoms with Crippen LogP contribution in [0.5, 0.6) is 0 Å². The summed E-state index contributed by atoms with van der Waals surface area (Å²) in [5, 5.41) is 0. The van der Waals surface area contributed by atoms with Crippen molar-refractivity contribution in [1.29, 1.82) is 0 Å². The van der Waals surface area contributed by atoms with Gasteiger partial charge in [-0.1, -0.05) is 6.92 Å². The lowest BCUT2D eigenvalue weighted by molar-refractivity contribution is 0.519. The Bertz CT molecular complexity index is 464. The molecule has 1 heterocycles. The number of nitrogens with zero attached hydrogens (tertiary/aromatic N) is 1. The van der Waals surface area contributed by atoms with Crippen molar-refractivity contribution in [2.45, 2.75) is 30.7 Å². The normalized spacial score (nSPS) is 13.6. The SMILES string of the molecule is CCC(CCN)NS(=O)(=O)c1cncc(F)c1. The Morgan fingerprint density at radius 2 is 2.24 bits per heavy atom. The zero-order valence-electron chi connectivity index (χ0n) is 9.56. The number of nitrogens with two attached hydrogens (primary N) is 1. The van der Waals surface area contributed by atoms with Crippen molar-refractivity contribution in [1.82, 2.24) is 9.71 Å². The van der Waals surface area contributed by atoms with Crippen LogP contribution in [0.2, 0.25) is 0 Å². The lowest BCUT2D eigenvalue weighted by Gasteiger charge is -2.15. The first-order chi connectivity index (χ1) is 7.99. The summed E-state index contributed by atoms with van der Waals surface area (Å²) in [6.07, 6.45) is 3.23. The predicted molar refractivity (Wildman–Crippen MR) is 62.3 cm³/mol. The number of hydrogen-bond acceptors (Lipinski definition) is 4. The molecule has 1 aromatic heterocycles. The van der Waals surface area contributed by atoms with E-state index in [0.717, 1.165) is 18.5 Å². The molecule has 1 aromatic rings. The molecule has 17 heavy (non-hydrogen) atoms. The Hall–Kier alpha value is -1.05. The maximum absolute atomic E-state index is 12.9. The fourth-order valence-corrected chi connectivity index (χ4v) is 2.70. The second-order valence-electron chi connectivity index (χ2n) is 3.64. The van der Waals surface area contributed by atoms with Crippen LogP contribution in [0, 0.1) is 5.82 Å². The molecule has 0 aliphatic rings. The van der Waals surface area contributed by atoms with Gasteiger partial charge in [0.1, 0.15) is 10.7 Å². The van der Waals surface area contributed by atoms with Gasteiger partial charge in [-0.2, -0.15) is 0 Å². The van der Waals surface area contributed by atoms with Crippen LogP contribution in [-0.4, -0.2) is 26.0 Å². The van der Waals surface area contributed by atoms with Crippen LogP contribution < -0.4 is 10.5 Å². The summed E-state index contributed by atoms with van der Waals surface area (Å²) in [7, 11) is -3.72. The predicted octanol–water partition coefficient (Wildman–Crippen LogP) is 0.626. The van der Waals surface area contributed by atoms with E-state index in [1.165, 1.54) is 0 Å². The molecular weight excluding hydrogens is 245 g/mol. The summed E-state index contributed by atoms with van der Waals surface area (Å²) in [6.45, 7) is 2.25. The minimum Gasteiger partial charge on any atom is -0.330 e. The molecule has 0 amide bonds. The molecule has 1 atom stereocenters. The van der Waals surface area contributed by atoms with E-state index in [2.05, 4.69) is 9.71 Å². The summed E-state index contributed by atoms with van der Waals surface area (Å²) in [5.41, 5.74) is 5.38. The van der Waals surface area contributed by atoms with Gasteiger partial charge in [-0.25, -0.2) is 17.5 Å². The fraction of sp³-hybridized carbons (Fsp3) is 0.500. The van der Waals surface area contributed by atoms with E-state index >= 15 is 0 Å². The minimum absolute atomic E-state index is 0.173. The molecule has 0 radical (unpaired) electrons. The maximum Gasteiger partial charge on any atom is 0.242 e. The first kappa shape index (κ1) is 14.0. The molecule has 3 N–H and O–H groups in total. The van der Waals surface area contributed by atoms with Gasteiger partial charge in [0.05, 0.1) is 6.20 Å². The van der Waals surface area contributed by atoms with Crippen molar-refractivity contribution < 1.29 is 12.8 Å². The van der Waals surface area contributed by atoms with Gasteiger partial charge < -0.3 is 5.73 Å². The number of hydrogen-bond donors (Lipinski definition) is 2. The number of halogens is 1. The van der Waals surface area contributed by atoms with Crippen LogP contribution >= 0.6 is 0 Å². The van der Waals surface area contributed by atoms with Crippen LogP contribution in [0.3, 0.4) is 0 Å². The van der Waals surface area contributed by atoms with Crippen molar-refractivity contribution in [2.75, 3.05) is 6.54 Å². The summed E-state index contributed by atoms with van der Waals surface area (Å²) in [6, 6.07) is 0.693. The Labute approximate surface area is 100 Å². The van der Waals surface area contributed by atoms with E-state index in [1.54, 1.807) is 0 Å². The van der Waals surface area contributed by atoms with Gasteiger partial charge in [-0.3, -0.25) is 4.98 Å². The molecule has 0 saturated carbocycles. The van der Waals surface area contributed by atoms with Crippen LogP contribution in [0.1, 0.15) is 19.8 Å². The zero-order chi connectivity index (χ0) is 12.9. The molecule has 0 saturated heterocycles. The van der Waals surface area contributed by atoms with Crippen LogP contribution in [0.15, 0.2) is 23.4 Å². The van der Waals surface area contributed by atoms with E-state index < -0.39 is 15.8 Å². The van der Waals surface area contributed by atoms with Crippen molar-refractivity contribution in [3.63, 3.8) is 0 Å². The number of sulfonamides is 1. The highest BCUT2D eigenvalue weighted by Gasteiger charge is 2.19. The van der Waals surface area contributed by atoms with E-state index in [1.807, 2.05) is 6.92 Å². The zero-order valence-corrected chi connectivity index (χ0v) is 10.4. The van der Waals surface area contributed by atoms with Crippen LogP contribution in [-0.2, 0) is 10.0 Å². The van der Waals surface area contributed by atoms with Gasteiger partial charge >= 0.3 is 0 Å². The molecule has 5 nitrogen and oxygen atoms in total. The summed E-state index contributed by atoms with van der Waals surface area (Å²) in [4.78, 5) is 3.34. The minimum atomic E-state index is -3.72. The summed E-state index contributed by atoms with van der Waals surface area (Å²) < 4.78 is 39.1. The molecule has 96 valence electrons. The highest BCUT2D eigenvalue weighted by Crippen LogP contribution is 2.10. The summed E-state index contributed by atoms with van der Waals surface area (Å²) >= 11 is 0. The molecular formula is C10H16FN3O2S. The van der Waals surface area contributed by atoms with E-state index in [9.17, 15) is 12.8 Å². The Balaban J connectivity index is 2.88. The average molecular weight is 261 g/mol. The second-order valence-corrected chi connectivity index (χ2v) is 5.36. The monoisotopic (exact) mass is 261 g/mol. The molecule has 0 aromatic carbocycles. The van der Waals surface area contributed by atoms with E-state index in [-0.39, 0.29) is 10.9 Å². The van der Waals surface area contributed by atoms with Gasteiger partial charge in [0.15, 0.2) is 0 Å². The van der Waals surface area contributed by atoms with Crippen LogP contribution in [0.4, 0.5) is 4.39 Å². The highest BCUT2D eigenvalue weighted by atomic mass is 32.2. The molecule has 7 heteroatoms. The van der Waals surface area contributed by atoms with Gasteiger partial charge in [-0.15, -0.1) is 0 Å². The Kier molecular flexibility index (Phi) is 4.98. The van der Waals surface area contributed by atoms with Gasteiger partial charge in [0, 0.05) is 12.2 Å². The molecule has 0 fully saturated rings. The highest BCUT2D eigenvalue weighted by molar-refractivity contribution is 7.89. The second kappa shape index (κ2) is 6.04. The molecule has 0 aliphatic carbocycles. The number of rotatable bonds is 6. The number of nitrogens with one attached hydrogen (secondary N) is 1. The van der Waals surface area contributed by atoms with E-state index in [4.69, 9.17) is 5.73 Å². The first-order valence-electron chi connectivity index (χ1n) is 5.32. The van der Waals surface area contributed by atoms with Crippen molar-refractivity contribution >= 4 is 10.0 Å². The Morgan fingerprint density at radius 3 is 2.76 bits per heavy atom. The maximum atomic E-state index is 12.9. The molecule has 0 spiro atoms. The molecule has 0 aliphatic heterocycles. The standard InChI is InChI=1S/C10H16FN3O2S/c1-2-9(3-4-12)14-17(15,16)10-5-8(11)6-13-7-10/h5-7,9,14H,2-4,12H2,1H3. The van der Waals surface area contributed by atoms with Gasteiger partial charge in [0.25, 0.3) is 0 Å². The first-order valence-corrected chi connectivity index (χ1v) is 6.81. The van der Waals surface area contributed by atoms with Crippen molar-refractivity contribution in [3.8, 4) is 0 Å². The smallest absolute Gasteiger partial charge is 0.242 e. The third-order valence-electron chi connectivity index (χ3n) is 2.32. The van der Waals surface area contributed by atoms with Gasteiger partial charge in [0.2, 0.25) is 10.0 Å². The van der Waals surface area contributed by atoms with Crippen LogP contribution in [0.25, 0.3) is 0 Å². The lowest BCUT2D eigenvalue weighted by Crippen LogP contribution is -2.35. The number of aromatic nitrogens is 1. The molecule has 0 bridgehead atoms. The third-order valence-corrected chi connectivity index (χ3v) is 3.81. The number of pyridine rings is 1. The topological polar surface area (TPSA) is 85.1 Å². The third kappa shape index (κ3) is 4.03. The molecule has 1 unspecified atom stereocenters. The Morgan fingerprint density at radius 1 is 1.53 bits per heavy atom. The fourth-order valence-electron chi connectivity index (χ4n) is 1.37. The van der Waals surface area contributed by atoms with Crippen molar-refractivity contribution in [2.24, 2.45) is 5.73 Å². The van der Waals surface area contributed by atoms with Crippen molar-refractivity contribution in [3.05, 3.63) is 24.3 Å².